The zero-order chi connectivity index (χ0) is 12.3. The fraction of sp³-hybridized carbons (Fsp3) is 0.750. The lowest BCUT2D eigenvalue weighted by atomic mass is 10.1. The van der Waals surface area contributed by atoms with Crippen molar-refractivity contribution in [1.82, 2.24) is 15.3 Å². The summed E-state index contributed by atoms with van der Waals surface area (Å²) in [6.07, 6.45) is 2.04. The van der Waals surface area contributed by atoms with Gasteiger partial charge in [-0.1, -0.05) is 13.8 Å². The van der Waals surface area contributed by atoms with Crippen LogP contribution in [0.5, 0.6) is 0 Å². The number of hydrogen-bond acceptors (Lipinski definition) is 3. The molecular formula is C12H23N3O. The van der Waals surface area contributed by atoms with Crippen LogP contribution in [-0.4, -0.2) is 15.4 Å². The average Bonchev–Trinajstić information content (AvgIpc) is 2.44. The Morgan fingerprint density at radius 3 is 2.56 bits per heavy atom. The van der Waals surface area contributed by atoms with Crippen molar-refractivity contribution in [2.45, 2.75) is 52.7 Å². The Morgan fingerprint density at radius 1 is 1.44 bits per heavy atom. The summed E-state index contributed by atoms with van der Waals surface area (Å²) in [4.78, 5) is 5.49. The normalized spacial score (nSPS) is 12.4. The van der Waals surface area contributed by atoms with Gasteiger partial charge in [0.2, 0.25) is 0 Å². The minimum Gasteiger partial charge on any atom is -0.296 e. The van der Waals surface area contributed by atoms with Crippen LogP contribution in [0.25, 0.3) is 0 Å². The number of hydroxylamine groups is 1. The van der Waals surface area contributed by atoms with E-state index in [0.717, 1.165) is 5.69 Å². The number of nitrogens with zero attached hydrogens (tertiary/aromatic N) is 2. The molecule has 4 nitrogen and oxygen atoms in total. The van der Waals surface area contributed by atoms with E-state index in [1.54, 1.807) is 0 Å². The largest absolute Gasteiger partial charge is 0.296 e. The Kier molecular flexibility index (Phi) is 4.10. The van der Waals surface area contributed by atoms with Crippen molar-refractivity contribution in [2.24, 2.45) is 7.05 Å². The Bertz CT molecular complexity index is 337. The molecule has 1 aromatic heterocycles. The summed E-state index contributed by atoms with van der Waals surface area (Å²) in [6.45, 7) is 11.1. The van der Waals surface area contributed by atoms with Crippen molar-refractivity contribution >= 4 is 0 Å². The second-order valence-corrected chi connectivity index (χ2v) is 5.40. The van der Waals surface area contributed by atoms with Crippen molar-refractivity contribution in [3.8, 4) is 0 Å². The molecule has 4 heteroatoms. The zero-order valence-corrected chi connectivity index (χ0v) is 11.2. The molecule has 92 valence electrons. The second-order valence-electron chi connectivity index (χ2n) is 5.40. The highest BCUT2D eigenvalue weighted by Crippen LogP contribution is 2.17. The summed E-state index contributed by atoms with van der Waals surface area (Å²) in [6, 6.07) is 0. The molecule has 1 heterocycles. The quantitative estimate of drug-likeness (QED) is 0.800. The lowest BCUT2D eigenvalue weighted by Gasteiger charge is -2.19. The smallest absolute Gasteiger partial charge is 0.0813 e. The number of aryl methyl sites for hydroxylation is 1. The predicted octanol–water partition coefficient (Wildman–Crippen LogP) is 2.36. The number of rotatable bonds is 4. The first-order valence-electron chi connectivity index (χ1n) is 5.73. The molecule has 16 heavy (non-hydrogen) atoms. The fourth-order valence-electron chi connectivity index (χ4n) is 1.51. The number of aromatic nitrogens is 2. The highest BCUT2D eigenvalue weighted by molar-refractivity contribution is 5.19. The molecule has 0 amide bonds. The maximum atomic E-state index is 5.49. The molecule has 0 fully saturated rings. The van der Waals surface area contributed by atoms with Crippen molar-refractivity contribution in [2.75, 3.05) is 0 Å². The molecule has 0 saturated heterocycles. The van der Waals surface area contributed by atoms with Gasteiger partial charge in [-0.2, -0.15) is 10.6 Å². The van der Waals surface area contributed by atoms with Crippen molar-refractivity contribution in [3.63, 3.8) is 0 Å². The molecule has 1 rings (SSSR count). The van der Waals surface area contributed by atoms with E-state index in [1.807, 2.05) is 38.7 Å². The van der Waals surface area contributed by atoms with Gasteiger partial charge in [-0.05, 0) is 26.7 Å². The van der Waals surface area contributed by atoms with E-state index in [9.17, 15) is 0 Å². The number of nitrogens with one attached hydrogen (secondary N) is 1. The third kappa shape index (κ3) is 3.94. The molecule has 0 aromatic carbocycles. The van der Waals surface area contributed by atoms with Gasteiger partial charge in [-0.25, -0.2) is 0 Å². The van der Waals surface area contributed by atoms with Gasteiger partial charge in [0.15, 0.2) is 0 Å². The molecule has 1 aromatic rings. The van der Waals surface area contributed by atoms with Crippen LogP contribution in [-0.2, 0) is 18.4 Å². The van der Waals surface area contributed by atoms with Crippen LogP contribution in [0.3, 0.4) is 0 Å². The Labute approximate surface area is 97.9 Å². The van der Waals surface area contributed by atoms with E-state index < -0.39 is 0 Å². The standard InChI is InChI=1S/C12H23N3O/c1-9(2)11-10(8-15(6)14-11)7-13-16-12(3,4)5/h8-9,13H,7H2,1-6H3. The molecule has 0 atom stereocenters. The summed E-state index contributed by atoms with van der Waals surface area (Å²) >= 11 is 0. The maximum absolute atomic E-state index is 5.49. The SMILES string of the molecule is CC(C)c1nn(C)cc1CNOC(C)(C)C. The first-order chi connectivity index (χ1) is 7.29. The first kappa shape index (κ1) is 13.2. The van der Waals surface area contributed by atoms with Crippen LogP contribution in [0.15, 0.2) is 6.20 Å². The summed E-state index contributed by atoms with van der Waals surface area (Å²) in [5.74, 6) is 0.438. The van der Waals surface area contributed by atoms with Crippen LogP contribution < -0.4 is 5.48 Å². The van der Waals surface area contributed by atoms with Crippen molar-refractivity contribution < 1.29 is 4.84 Å². The summed E-state index contributed by atoms with van der Waals surface area (Å²) in [7, 11) is 1.94. The highest BCUT2D eigenvalue weighted by Gasteiger charge is 2.13. The zero-order valence-electron chi connectivity index (χ0n) is 11.2. The highest BCUT2D eigenvalue weighted by atomic mass is 16.7. The Morgan fingerprint density at radius 2 is 2.06 bits per heavy atom. The molecular weight excluding hydrogens is 202 g/mol. The lowest BCUT2D eigenvalue weighted by Crippen LogP contribution is -2.28. The summed E-state index contributed by atoms with van der Waals surface area (Å²) < 4.78 is 1.85. The van der Waals surface area contributed by atoms with Gasteiger partial charge < -0.3 is 0 Å². The molecule has 0 aliphatic heterocycles. The van der Waals surface area contributed by atoms with Gasteiger partial charge in [0.25, 0.3) is 0 Å². The van der Waals surface area contributed by atoms with Gasteiger partial charge >= 0.3 is 0 Å². The van der Waals surface area contributed by atoms with Gasteiger partial charge in [0.1, 0.15) is 0 Å². The molecule has 0 bridgehead atoms. The van der Waals surface area contributed by atoms with E-state index in [1.165, 1.54) is 5.56 Å². The maximum Gasteiger partial charge on any atom is 0.0813 e. The molecule has 0 spiro atoms. The minimum absolute atomic E-state index is 0.166. The van der Waals surface area contributed by atoms with Crippen LogP contribution in [0.4, 0.5) is 0 Å². The lowest BCUT2D eigenvalue weighted by molar-refractivity contribution is -0.0758. The predicted molar refractivity (Wildman–Crippen MR) is 65.0 cm³/mol. The van der Waals surface area contributed by atoms with E-state index in [4.69, 9.17) is 4.84 Å². The Balaban J connectivity index is 2.60. The van der Waals surface area contributed by atoms with Gasteiger partial charge in [0, 0.05) is 25.4 Å². The summed E-state index contributed by atoms with van der Waals surface area (Å²) in [5, 5.41) is 4.45. The van der Waals surface area contributed by atoms with E-state index in [0.29, 0.717) is 12.5 Å². The van der Waals surface area contributed by atoms with Crippen LogP contribution in [0.1, 0.15) is 51.8 Å². The minimum atomic E-state index is -0.166. The van der Waals surface area contributed by atoms with Crippen molar-refractivity contribution in [3.05, 3.63) is 17.5 Å². The van der Waals surface area contributed by atoms with Crippen LogP contribution in [0.2, 0.25) is 0 Å². The van der Waals surface area contributed by atoms with Gasteiger partial charge in [-0.3, -0.25) is 9.52 Å². The van der Waals surface area contributed by atoms with Gasteiger partial charge in [-0.15, -0.1) is 0 Å². The average molecular weight is 225 g/mol. The topological polar surface area (TPSA) is 39.1 Å². The molecule has 0 saturated carbocycles. The number of hydrogen-bond donors (Lipinski definition) is 1. The summed E-state index contributed by atoms with van der Waals surface area (Å²) in [5.41, 5.74) is 5.16. The molecule has 0 unspecified atom stereocenters. The van der Waals surface area contributed by atoms with Crippen molar-refractivity contribution in [1.29, 1.82) is 0 Å². The second kappa shape index (κ2) is 4.97. The monoisotopic (exact) mass is 225 g/mol. The fourth-order valence-corrected chi connectivity index (χ4v) is 1.51. The van der Waals surface area contributed by atoms with Crippen LogP contribution in [0, 0.1) is 0 Å². The van der Waals surface area contributed by atoms with E-state index in [2.05, 4.69) is 24.4 Å². The van der Waals surface area contributed by atoms with Gasteiger partial charge in [0.05, 0.1) is 11.3 Å². The molecule has 1 N–H and O–H groups in total. The van der Waals surface area contributed by atoms with E-state index in [-0.39, 0.29) is 5.60 Å². The Hall–Kier alpha value is -0.870. The van der Waals surface area contributed by atoms with Crippen LogP contribution >= 0.6 is 0 Å². The first-order valence-corrected chi connectivity index (χ1v) is 5.73. The third-order valence-electron chi connectivity index (χ3n) is 2.12. The molecule has 0 radical (unpaired) electrons. The third-order valence-corrected chi connectivity index (χ3v) is 2.12. The van der Waals surface area contributed by atoms with E-state index >= 15 is 0 Å². The molecule has 0 aliphatic rings. The molecule has 0 aliphatic carbocycles.